The lowest BCUT2D eigenvalue weighted by atomic mass is 10.1. The monoisotopic (exact) mass is 143 g/mol. The molecule has 0 heterocycles. The minimum Gasteiger partial charge on any atom is -0.341 e. The molecule has 0 aromatic rings. The van der Waals surface area contributed by atoms with Gasteiger partial charge in [-0.3, -0.25) is 4.79 Å². The number of nitrogens with zero attached hydrogens (tertiary/aromatic N) is 1. The molecule has 60 valence electrons. The van der Waals surface area contributed by atoms with Crippen molar-refractivity contribution in [2.45, 2.75) is 39.7 Å². The van der Waals surface area contributed by atoms with E-state index in [9.17, 15) is 4.79 Å². The van der Waals surface area contributed by atoms with E-state index in [0.717, 1.165) is 0 Å². The normalized spacial score (nSPS) is 11.3. The van der Waals surface area contributed by atoms with Gasteiger partial charge in [-0.1, -0.05) is 6.92 Å². The Kier molecular flexibility index (Phi) is 2.88. The Bertz CT molecular complexity index is 124. The summed E-state index contributed by atoms with van der Waals surface area (Å²) in [6, 6.07) is 0. The Labute approximate surface area is 63.2 Å². The summed E-state index contributed by atoms with van der Waals surface area (Å²) < 4.78 is 0. The van der Waals surface area contributed by atoms with Crippen molar-refractivity contribution >= 4 is 5.91 Å². The molecule has 0 saturated heterocycles. The SMILES string of the molecule is CCC(=O)N(C)C(C)(C)C. The molecule has 0 aromatic heterocycles. The molecule has 2 heteroatoms. The molecular formula is C8H17NO. The smallest absolute Gasteiger partial charge is 0.222 e. The van der Waals surface area contributed by atoms with E-state index in [0.29, 0.717) is 6.42 Å². The Balaban J connectivity index is 4.08. The van der Waals surface area contributed by atoms with E-state index in [1.165, 1.54) is 0 Å². The van der Waals surface area contributed by atoms with Crippen LogP contribution in [-0.2, 0) is 4.79 Å². The first-order valence-corrected chi connectivity index (χ1v) is 3.66. The van der Waals surface area contributed by atoms with Crippen molar-refractivity contribution in [1.82, 2.24) is 4.90 Å². The fourth-order valence-electron chi connectivity index (χ4n) is 0.611. The molecule has 2 nitrogen and oxygen atoms in total. The van der Waals surface area contributed by atoms with Gasteiger partial charge in [-0.2, -0.15) is 0 Å². The van der Waals surface area contributed by atoms with Gasteiger partial charge in [0, 0.05) is 19.0 Å². The number of carbonyl (C=O) groups excluding carboxylic acids is 1. The van der Waals surface area contributed by atoms with Crippen LogP contribution in [0.3, 0.4) is 0 Å². The van der Waals surface area contributed by atoms with E-state index < -0.39 is 0 Å². The van der Waals surface area contributed by atoms with Crippen LogP contribution >= 0.6 is 0 Å². The Morgan fingerprint density at radius 3 is 1.90 bits per heavy atom. The van der Waals surface area contributed by atoms with Crippen LogP contribution in [0.2, 0.25) is 0 Å². The zero-order chi connectivity index (χ0) is 8.36. The molecule has 0 rings (SSSR count). The Morgan fingerprint density at radius 2 is 1.80 bits per heavy atom. The van der Waals surface area contributed by atoms with Crippen LogP contribution in [0, 0.1) is 0 Å². The molecule has 0 radical (unpaired) electrons. The van der Waals surface area contributed by atoms with E-state index in [4.69, 9.17) is 0 Å². The number of rotatable bonds is 1. The fraction of sp³-hybridized carbons (Fsp3) is 0.875. The molecule has 0 spiro atoms. The number of hydrogen-bond donors (Lipinski definition) is 0. The summed E-state index contributed by atoms with van der Waals surface area (Å²) in [6.07, 6.45) is 0.591. The van der Waals surface area contributed by atoms with Crippen molar-refractivity contribution in [3.63, 3.8) is 0 Å². The lowest BCUT2D eigenvalue weighted by molar-refractivity contribution is -0.133. The van der Waals surface area contributed by atoms with Gasteiger partial charge in [0.1, 0.15) is 0 Å². The number of carbonyl (C=O) groups is 1. The molecule has 10 heavy (non-hydrogen) atoms. The van der Waals surface area contributed by atoms with Gasteiger partial charge in [0.2, 0.25) is 5.91 Å². The van der Waals surface area contributed by atoms with Gasteiger partial charge in [-0.05, 0) is 20.8 Å². The molecular weight excluding hydrogens is 126 g/mol. The number of amides is 1. The van der Waals surface area contributed by atoms with E-state index in [2.05, 4.69) is 0 Å². The zero-order valence-electron chi connectivity index (χ0n) is 7.56. The fourth-order valence-corrected chi connectivity index (χ4v) is 0.611. The summed E-state index contributed by atoms with van der Waals surface area (Å²) in [7, 11) is 1.84. The van der Waals surface area contributed by atoms with Crippen molar-refractivity contribution in [3.8, 4) is 0 Å². The van der Waals surface area contributed by atoms with Gasteiger partial charge in [0.05, 0.1) is 0 Å². The quantitative estimate of drug-likeness (QED) is 0.546. The van der Waals surface area contributed by atoms with Crippen LogP contribution < -0.4 is 0 Å². The molecule has 0 aliphatic rings. The summed E-state index contributed by atoms with van der Waals surface area (Å²) in [4.78, 5) is 12.9. The third kappa shape index (κ3) is 2.38. The minimum atomic E-state index is -0.0346. The van der Waals surface area contributed by atoms with Gasteiger partial charge in [0.15, 0.2) is 0 Å². The predicted octanol–water partition coefficient (Wildman–Crippen LogP) is 1.65. The summed E-state index contributed by atoms with van der Waals surface area (Å²) >= 11 is 0. The van der Waals surface area contributed by atoms with Crippen molar-refractivity contribution in [2.24, 2.45) is 0 Å². The van der Waals surface area contributed by atoms with Crippen LogP contribution in [0.25, 0.3) is 0 Å². The first kappa shape index (κ1) is 9.47. The largest absolute Gasteiger partial charge is 0.341 e. The van der Waals surface area contributed by atoms with E-state index in [1.54, 1.807) is 4.90 Å². The van der Waals surface area contributed by atoms with Crippen molar-refractivity contribution in [2.75, 3.05) is 7.05 Å². The lowest BCUT2D eigenvalue weighted by Crippen LogP contribution is -2.42. The maximum atomic E-state index is 11.1. The first-order valence-electron chi connectivity index (χ1n) is 3.66. The summed E-state index contributed by atoms with van der Waals surface area (Å²) in [5.41, 5.74) is -0.0346. The molecule has 0 atom stereocenters. The standard InChI is InChI=1S/C8H17NO/c1-6-7(10)9(5)8(2,3)4/h6H2,1-5H3. The van der Waals surface area contributed by atoms with Gasteiger partial charge < -0.3 is 4.90 Å². The highest BCUT2D eigenvalue weighted by atomic mass is 16.2. The van der Waals surface area contributed by atoms with E-state index >= 15 is 0 Å². The summed E-state index contributed by atoms with van der Waals surface area (Å²) in [6.45, 7) is 7.96. The summed E-state index contributed by atoms with van der Waals surface area (Å²) in [5.74, 6) is 0.201. The molecule has 0 aromatic carbocycles. The van der Waals surface area contributed by atoms with Gasteiger partial charge in [-0.15, -0.1) is 0 Å². The second kappa shape index (κ2) is 3.04. The van der Waals surface area contributed by atoms with Crippen molar-refractivity contribution < 1.29 is 4.79 Å². The molecule has 0 saturated carbocycles. The zero-order valence-corrected chi connectivity index (χ0v) is 7.56. The average molecular weight is 143 g/mol. The highest BCUT2D eigenvalue weighted by molar-refractivity contribution is 5.76. The minimum absolute atomic E-state index is 0.0346. The Hall–Kier alpha value is -0.530. The van der Waals surface area contributed by atoms with Crippen LogP contribution in [0.4, 0.5) is 0 Å². The maximum absolute atomic E-state index is 11.1. The van der Waals surface area contributed by atoms with Crippen LogP contribution in [0.5, 0.6) is 0 Å². The van der Waals surface area contributed by atoms with Crippen molar-refractivity contribution in [1.29, 1.82) is 0 Å². The molecule has 0 aliphatic heterocycles. The number of hydrogen-bond acceptors (Lipinski definition) is 1. The van der Waals surface area contributed by atoms with Crippen LogP contribution in [0.1, 0.15) is 34.1 Å². The van der Waals surface area contributed by atoms with Gasteiger partial charge >= 0.3 is 0 Å². The average Bonchev–Trinajstić information content (AvgIpc) is 1.83. The molecule has 0 unspecified atom stereocenters. The second-order valence-electron chi connectivity index (χ2n) is 3.48. The molecule has 0 aliphatic carbocycles. The molecule has 0 fully saturated rings. The van der Waals surface area contributed by atoms with E-state index in [-0.39, 0.29) is 11.4 Å². The topological polar surface area (TPSA) is 20.3 Å². The van der Waals surface area contributed by atoms with Gasteiger partial charge in [-0.25, -0.2) is 0 Å². The second-order valence-corrected chi connectivity index (χ2v) is 3.48. The molecule has 0 N–H and O–H groups in total. The van der Waals surface area contributed by atoms with Gasteiger partial charge in [0.25, 0.3) is 0 Å². The maximum Gasteiger partial charge on any atom is 0.222 e. The highest BCUT2D eigenvalue weighted by Crippen LogP contribution is 2.10. The predicted molar refractivity (Wildman–Crippen MR) is 42.8 cm³/mol. The van der Waals surface area contributed by atoms with Crippen molar-refractivity contribution in [3.05, 3.63) is 0 Å². The molecule has 0 bridgehead atoms. The molecule has 1 amide bonds. The van der Waals surface area contributed by atoms with Crippen LogP contribution in [0.15, 0.2) is 0 Å². The van der Waals surface area contributed by atoms with E-state index in [1.807, 2.05) is 34.7 Å². The first-order chi connectivity index (χ1) is 4.39. The van der Waals surface area contributed by atoms with Crippen LogP contribution in [-0.4, -0.2) is 23.4 Å². The summed E-state index contributed by atoms with van der Waals surface area (Å²) in [5, 5.41) is 0. The lowest BCUT2D eigenvalue weighted by Gasteiger charge is -2.31. The Morgan fingerprint density at radius 1 is 1.40 bits per heavy atom. The highest BCUT2D eigenvalue weighted by Gasteiger charge is 2.20. The third-order valence-corrected chi connectivity index (χ3v) is 1.68. The third-order valence-electron chi connectivity index (χ3n) is 1.68.